The van der Waals surface area contributed by atoms with Crippen molar-refractivity contribution >= 4 is 11.5 Å². The maximum Gasteiger partial charge on any atom is 0.157 e. The van der Waals surface area contributed by atoms with Gasteiger partial charge in [0, 0.05) is 18.3 Å². The molecular weight excluding hydrogens is 224 g/mol. The molecule has 1 atom stereocenters. The van der Waals surface area contributed by atoms with Gasteiger partial charge in [0.1, 0.15) is 5.82 Å². The van der Waals surface area contributed by atoms with E-state index in [1.807, 2.05) is 36.5 Å². The molecule has 0 radical (unpaired) electrons. The van der Waals surface area contributed by atoms with Crippen LogP contribution in [-0.4, -0.2) is 14.6 Å². The Morgan fingerprint density at radius 3 is 2.78 bits per heavy atom. The van der Waals surface area contributed by atoms with E-state index in [0.29, 0.717) is 0 Å². The summed E-state index contributed by atoms with van der Waals surface area (Å²) in [6, 6.07) is 14.4. The first-order chi connectivity index (χ1) is 8.83. The first kappa shape index (κ1) is 10.8. The Labute approximate surface area is 105 Å². The van der Waals surface area contributed by atoms with E-state index in [9.17, 15) is 0 Å². The van der Waals surface area contributed by atoms with Crippen LogP contribution in [0.4, 0.5) is 5.82 Å². The standard InChI is InChI=1S/C14H14N4/c1-11(12-5-3-2-4-6-12)16-13-8-10-18-14(17-13)7-9-15-18/h2-11H,1H3,(H,16,17). The van der Waals surface area contributed by atoms with E-state index in [0.717, 1.165) is 11.5 Å². The van der Waals surface area contributed by atoms with Crippen molar-refractivity contribution in [3.05, 3.63) is 60.4 Å². The molecule has 2 heterocycles. The highest BCUT2D eigenvalue weighted by atomic mass is 15.2. The van der Waals surface area contributed by atoms with Gasteiger partial charge in [0.15, 0.2) is 5.65 Å². The van der Waals surface area contributed by atoms with Crippen molar-refractivity contribution in [3.8, 4) is 0 Å². The molecule has 0 fully saturated rings. The van der Waals surface area contributed by atoms with Gasteiger partial charge in [-0.3, -0.25) is 0 Å². The topological polar surface area (TPSA) is 42.2 Å². The summed E-state index contributed by atoms with van der Waals surface area (Å²) < 4.78 is 1.75. The molecular formula is C14H14N4. The minimum absolute atomic E-state index is 0.226. The molecule has 0 bridgehead atoms. The van der Waals surface area contributed by atoms with Crippen molar-refractivity contribution in [1.29, 1.82) is 0 Å². The zero-order valence-corrected chi connectivity index (χ0v) is 10.1. The van der Waals surface area contributed by atoms with E-state index in [1.54, 1.807) is 10.7 Å². The second-order valence-electron chi connectivity index (χ2n) is 4.22. The molecule has 1 aromatic carbocycles. The fourth-order valence-electron chi connectivity index (χ4n) is 1.94. The number of hydrogen-bond acceptors (Lipinski definition) is 3. The first-order valence-electron chi connectivity index (χ1n) is 5.95. The summed E-state index contributed by atoms with van der Waals surface area (Å²) in [5.74, 6) is 0.861. The van der Waals surface area contributed by atoms with Gasteiger partial charge in [0.25, 0.3) is 0 Å². The first-order valence-corrected chi connectivity index (χ1v) is 5.95. The van der Waals surface area contributed by atoms with Gasteiger partial charge >= 0.3 is 0 Å². The molecule has 1 N–H and O–H groups in total. The fraction of sp³-hybridized carbons (Fsp3) is 0.143. The van der Waals surface area contributed by atoms with Crippen molar-refractivity contribution in [3.63, 3.8) is 0 Å². The molecule has 0 amide bonds. The third-order valence-electron chi connectivity index (χ3n) is 2.92. The molecule has 90 valence electrons. The van der Waals surface area contributed by atoms with Crippen LogP contribution in [0.5, 0.6) is 0 Å². The van der Waals surface area contributed by atoms with Gasteiger partial charge in [-0.05, 0) is 18.6 Å². The number of aromatic nitrogens is 3. The second-order valence-corrected chi connectivity index (χ2v) is 4.22. The molecule has 18 heavy (non-hydrogen) atoms. The van der Waals surface area contributed by atoms with E-state index in [2.05, 4.69) is 34.5 Å². The summed E-state index contributed by atoms with van der Waals surface area (Å²) in [5.41, 5.74) is 2.09. The van der Waals surface area contributed by atoms with Gasteiger partial charge < -0.3 is 5.32 Å². The molecule has 0 aliphatic heterocycles. The van der Waals surface area contributed by atoms with Crippen molar-refractivity contribution in [1.82, 2.24) is 14.6 Å². The summed E-state index contributed by atoms with van der Waals surface area (Å²) in [5, 5.41) is 7.51. The SMILES string of the molecule is CC(Nc1ccn2nccc2n1)c1ccccc1. The van der Waals surface area contributed by atoms with E-state index >= 15 is 0 Å². The highest BCUT2D eigenvalue weighted by Gasteiger charge is 2.05. The van der Waals surface area contributed by atoms with Crippen LogP contribution >= 0.6 is 0 Å². The van der Waals surface area contributed by atoms with Gasteiger partial charge in [0.05, 0.1) is 6.20 Å². The van der Waals surface area contributed by atoms with Crippen LogP contribution in [0.1, 0.15) is 18.5 Å². The maximum atomic E-state index is 4.49. The third-order valence-corrected chi connectivity index (χ3v) is 2.92. The zero-order valence-electron chi connectivity index (χ0n) is 10.1. The summed E-state index contributed by atoms with van der Waals surface area (Å²) in [7, 11) is 0. The van der Waals surface area contributed by atoms with Gasteiger partial charge in [0.2, 0.25) is 0 Å². The van der Waals surface area contributed by atoms with E-state index in [4.69, 9.17) is 0 Å². The number of anilines is 1. The van der Waals surface area contributed by atoms with Crippen molar-refractivity contribution in [2.75, 3.05) is 5.32 Å². The largest absolute Gasteiger partial charge is 0.363 e. The molecule has 0 spiro atoms. The Kier molecular flexibility index (Phi) is 2.68. The average Bonchev–Trinajstić information content (AvgIpc) is 2.87. The molecule has 0 saturated carbocycles. The Morgan fingerprint density at radius 2 is 1.94 bits per heavy atom. The number of fused-ring (bicyclic) bond motifs is 1. The van der Waals surface area contributed by atoms with Crippen molar-refractivity contribution in [2.45, 2.75) is 13.0 Å². The lowest BCUT2D eigenvalue weighted by atomic mass is 10.1. The monoisotopic (exact) mass is 238 g/mol. The lowest BCUT2D eigenvalue weighted by Gasteiger charge is -2.14. The molecule has 0 saturated heterocycles. The molecule has 4 heteroatoms. The predicted molar refractivity (Wildman–Crippen MR) is 71.5 cm³/mol. The van der Waals surface area contributed by atoms with Crippen LogP contribution in [0, 0.1) is 0 Å². The number of nitrogens with one attached hydrogen (secondary N) is 1. The molecule has 4 nitrogen and oxygen atoms in total. The van der Waals surface area contributed by atoms with Gasteiger partial charge in [-0.15, -0.1) is 0 Å². The lowest BCUT2D eigenvalue weighted by molar-refractivity contribution is 0.867. The molecule has 1 unspecified atom stereocenters. The van der Waals surface area contributed by atoms with Crippen LogP contribution in [0.15, 0.2) is 54.9 Å². The van der Waals surface area contributed by atoms with Crippen molar-refractivity contribution < 1.29 is 0 Å². The maximum absolute atomic E-state index is 4.49. The number of benzene rings is 1. The van der Waals surface area contributed by atoms with Crippen molar-refractivity contribution in [2.24, 2.45) is 0 Å². The highest BCUT2D eigenvalue weighted by Crippen LogP contribution is 2.17. The minimum Gasteiger partial charge on any atom is -0.363 e. The van der Waals surface area contributed by atoms with Gasteiger partial charge in [-0.2, -0.15) is 5.10 Å². The van der Waals surface area contributed by atoms with E-state index in [-0.39, 0.29) is 6.04 Å². The lowest BCUT2D eigenvalue weighted by Crippen LogP contribution is -2.08. The normalized spacial score (nSPS) is 12.5. The van der Waals surface area contributed by atoms with Gasteiger partial charge in [-0.25, -0.2) is 9.50 Å². The van der Waals surface area contributed by atoms with E-state index in [1.165, 1.54) is 5.56 Å². The van der Waals surface area contributed by atoms with Crippen LogP contribution in [-0.2, 0) is 0 Å². The number of rotatable bonds is 3. The molecule has 3 rings (SSSR count). The Hall–Kier alpha value is -2.36. The Morgan fingerprint density at radius 1 is 1.11 bits per heavy atom. The Balaban J connectivity index is 1.83. The van der Waals surface area contributed by atoms with Gasteiger partial charge in [-0.1, -0.05) is 30.3 Å². The summed E-state index contributed by atoms with van der Waals surface area (Å²) in [6.45, 7) is 2.12. The zero-order chi connectivity index (χ0) is 12.4. The number of hydrogen-bond donors (Lipinski definition) is 1. The highest BCUT2D eigenvalue weighted by molar-refractivity contribution is 5.46. The van der Waals surface area contributed by atoms with Crippen LogP contribution < -0.4 is 5.32 Å². The molecule has 0 aliphatic carbocycles. The predicted octanol–water partition coefficient (Wildman–Crippen LogP) is 2.90. The Bertz CT molecular complexity index is 645. The average molecular weight is 238 g/mol. The minimum atomic E-state index is 0.226. The van der Waals surface area contributed by atoms with Crippen LogP contribution in [0.2, 0.25) is 0 Å². The third kappa shape index (κ3) is 2.05. The molecule has 0 aliphatic rings. The second kappa shape index (κ2) is 4.49. The van der Waals surface area contributed by atoms with Crippen LogP contribution in [0.25, 0.3) is 5.65 Å². The number of nitrogens with zero attached hydrogens (tertiary/aromatic N) is 3. The summed E-state index contributed by atoms with van der Waals surface area (Å²) in [6.07, 6.45) is 3.65. The summed E-state index contributed by atoms with van der Waals surface area (Å²) in [4.78, 5) is 4.49. The molecule has 2 aromatic heterocycles. The smallest absolute Gasteiger partial charge is 0.157 e. The molecule has 3 aromatic rings. The summed E-state index contributed by atoms with van der Waals surface area (Å²) >= 11 is 0. The quantitative estimate of drug-likeness (QED) is 0.763. The van der Waals surface area contributed by atoms with Crippen LogP contribution in [0.3, 0.4) is 0 Å². The fourth-order valence-corrected chi connectivity index (χ4v) is 1.94. The van der Waals surface area contributed by atoms with E-state index < -0.39 is 0 Å².